The average Bonchev–Trinajstić information content (AvgIpc) is 3.39. The minimum absolute atomic E-state index is 0.176. The number of methoxy groups -OCH3 is 2. The molecule has 0 atom stereocenters. The maximum atomic E-state index is 12.5. The number of hydrogen-bond acceptors (Lipinski definition) is 7. The number of hydrogen-bond donors (Lipinski definition) is 1. The lowest BCUT2D eigenvalue weighted by molar-refractivity contribution is -0.113. The number of allylic oxidation sites excluding steroid dienone is 1. The summed E-state index contributed by atoms with van der Waals surface area (Å²) < 4.78 is 12.5. The summed E-state index contributed by atoms with van der Waals surface area (Å²) in [5, 5.41) is 14.3. The molecule has 3 rings (SSSR count). The van der Waals surface area contributed by atoms with E-state index in [1.165, 1.54) is 16.6 Å². The number of ether oxygens (including phenoxy) is 2. The van der Waals surface area contributed by atoms with Gasteiger partial charge in [-0.15, -0.1) is 28.1 Å². The maximum Gasteiger partial charge on any atom is 0.234 e. The van der Waals surface area contributed by atoms with E-state index in [1.54, 1.807) is 49.8 Å². The molecule has 0 fully saturated rings. The van der Waals surface area contributed by atoms with Crippen molar-refractivity contribution in [1.29, 1.82) is 0 Å². The van der Waals surface area contributed by atoms with E-state index < -0.39 is 0 Å². The highest BCUT2D eigenvalue weighted by molar-refractivity contribution is 7.99. The first-order chi connectivity index (χ1) is 14.6. The smallest absolute Gasteiger partial charge is 0.234 e. The minimum atomic E-state index is -0.176. The molecule has 0 unspecified atom stereocenters. The van der Waals surface area contributed by atoms with E-state index in [1.807, 2.05) is 4.57 Å². The molecular formula is C21H24N4O3S2. The van der Waals surface area contributed by atoms with Crippen LogP contribution in [-0.4, -0.2) is 40.6 Å². The van der Waals surface area contributed by atoms with Crippen LogP contribution in [0.2, 0.25) is 0 Å². The molecule has 0 aliphatic heterocycles. The molecule has 2 heterocycles. The predicted octanol–water partition coefficient (Wildman–Crippen LogP) is 4.50. The van der Waals surface area contributed by atoms with Crippen molar-refractivity contribution in [2.45, 2.75) is 25.0 Å². The van der Waals surface area contributed by atoms with Gasteiger partial charge in [-0.2, -0.15) is 0 Å². The van der Waals surface area contributed by atoms with Gasteiger partial charge >= 0.3 is 0 Å². The van der Waals surface area contributed by atoms with Crippen LogP contribution < -0.4 is 14.8 Å². The van der Waals surface area contributed by atoms with Crippen molar-refractivity contribution in [2.24, 2.45) is 0 Å². The number of amides is 1. The lowest BCUT2D eigenvalue weighted by Gasteiger charge is -2.12. The monoisotopic (exact) mass is 444 g/mol. The Hall–Kier alpha value is -2.78. The van der Waals surface area contributed by atoms with Crippen LogP contribution in [0.15, 0.2) is 47.5 Å². The minimum Gasteiger partial charge on any atom is -0.497 e. The van der Waals surface area contributed by atoms with Gasteiger partial charge in [-0.25, -0.2) is 0 Å². The largest absolute Gasteiger partial charge is 0.497 e. The van der Waals surface area contributed by atoms with Gasteiger partial charge in [0.1, 0.15) is 11.5 Å². The molecule has 3 aromatic rings. The Kier molecular flexibility index (Phi) is 7.53. The number of thiophene rings is 1. The van der Waals surface area contributed by atoms with E-state index in [4.69, 9.17) is 9.47 Å². The van der Waals surface area contributed by atoms with Gasteiger partial charge in [0.15, 0.2) is 11.0 Å². The number of nitrogens with zero attached hydrogens (tertiary/aromatic N) is 3. The first-order valence-corrected chi connectivity index (χ1v) is 11.2. The zero-order valence-electron chi connectivity index (χ0n) is 17.2. The van der Waals surface area contributed by atoms with Crippen LogP contribution in [-0.2, 0) is 17.8 Å². The highest BCUT2D eigenvalue weighted by Crippen LogP contribution is 2.30. The number of carbonyl (C=O) groups excluding carboxylic acids is 1. The Morgan fingerprint density at radius 1 is 1.30 bits per heavy atom. The summed E-state index contributed by atoms with van der Waals surface area (Å²) in [5.74, 6) is 1.99. The third-order valence-corrected chi connectivity index (χ3v) is 6.35. The maximum absolute atomic E-state index is 12.5. The molecule has 0 saturated heterocycles. The second-order valence-corrected chi connectivity index (χ2v) is 8.20. The molecule has 0 bridgehead atoms. The summed E-state index contributed by atoms with van der Waals surface area (Å²) in [4.78, 5) is 13.8. The highest BCUT2D eigenvalue weighted by Gasteiger charge is 2.17. The molecule has 0 saturated carbocycles. The molecule has 7 nitrogen and oxygen atoms in total. The summed E-state index contributed by atoms with van der Waals surface area (Å²) in [5.41, 5.74) is 1.59. The molecule has 1 N–H and O–H groups in total. The number of benzene rings is 1. The van der Waals surface area contributed by atoms with Gasteiger partial charge in [0.05, 0.1) is 25.7 Å². The van der Waals surface area contributed by atoms with Crippen molar-refractivity contribution in [2.75, 3.05) is 25.3 Å². The van der Waals surface area contributed by atoms with Gasteiger partial charge in [0, 0.05) is 28.4 Å². The Bertz CT molecular complexity index is 1030. The van der Waals surface area contributed by atoms with Gasteiger partial charge in [-0.1, -0.05) is 24.8 Å². The zero-order chi connectivity index (χ0) is 21.5. The number of rotatable bonds is 10. The molecule has 0 radical (unpaired) electrons. The highest BCUT2D eigenvalue weighted by atomic mass is 32.2. The summed E-state index contributed by atoms with van der Waals surface area (Å²) >= 11 is 3.03. The van der Waals surface area contributed by atoms with Crippen LogP contribution in [0.3, 0.4) is 0 Å². The number of nitrogens with one attached hydrogen (secondary N) is 1. The Balaban J connectivity index is 1.72. The first kappa shape index (κ1) is 21.9. The molecule has 9 heteroatoms. The van der Waals surface area contributed by atoms with E-state index in [2.05, 4.69) is 40.5 Å². The van der Waals surface area contributed by atoms with Crippen molar-refractivity contribution >= 4 is 34.7 Å². The number of carbonyl (C=O) groups is 1. The number of anilines is 1. The Labute approximate surface area is 184 Å². The SMILES string of the molecule is C=CCn1c(SCC(=O)Nc2cc(OC)ccc2OC)nnc1-c1csc(CC)c1. The van der Waals surface area contributed by atoms with Crippen molar-refractivity contribution in [3.05, 3.63) is 47.2 Å². The summed E-state index contributed by atoms with van der Waals surface area (Å²) in [6.45, 7) is 6.52. The molecule has 0 spiro atoms. The van der Waals surface area contributed by atoms with Gasteiger partial charge in [0.25, 0.3) is 0 Å². The quantitative estimate of drug-likeness (QED) is 0.366. The van der Waals surface area contributed by atoms with Crippen molar-refractivity contribution in [1.82, 2.24) is 14.8 Å². The Morgan fingerprint density at radius 3 is 2.80 bits per heavy atom. The van der Waals surface area contributed by atoms with E-state index >= 15 is 0 Å². The summed E-state index contributed by atoms with van der Waals surface area (Å²) in [6.07, 6.45) is 2.78. The molecule has 0 aliphatic carbocycles. The van der Waals surface area contributed by atoms with Crippen LogP contribution in [0.4, 0.5) is 5.69 Å². The number of thioether (sulfide) groups is 1. The van der Waals surface area contributed by atoms with Crippen LogP contribution in [0.5, 0.6) is 11.5 Å². The first-order valence-electron chi connectivity index (χ1n) is 9.36. The van der Waals surface area contributed by atoms with Crippen LogP contribution in [0, 0.1) is 0 Å². The van der Waals surface area contributed by atoms with Gasteiger partial charge in [-0.3, -0.25) is 9.36 Å². The van der Waals surface area contributed by atoms with Crippen LogP contribution >= 0.6 is 23.1 Å². The standard InChI is InChI=1S/C21H24N4O3S2/c1-5-9-25-20(14-10-16(6-2)29-12-14)23-24-21(25)30-13-19(26)22-17-11-15(27-3)7-8-18(17)28-4/h5,7-8,10-12H,1,6,9,13H2,2-4H3,(H,22,26). The van der Waals surface area contributed by atoms with E-state index in [-0.39, 0.29) is 11.7 Å². The normalized spacial score (nSPS) is 10.6. The molecule has 1 aromatic carbocycles. The molecule has 0 aliphatic rings. The Morgan fingerprint density at radius 2 is 2.13 bits per heavy atom. The summed E-state index contributed by atoms with van der Waals surface area (Å²) in [7, 11) is 3.13. The van der Waals surface area contributed by atoms with Gasteiger partial charge in [0.2, 0.25) is 5.91 Å². The van der Waals surface area contributed by atoms with Gasteiger partial charge in [-0.05, 0) is 24.6 Å². The number of aryl methyl sites for hydroxylation is 1. The van der Waals surface area contributed by atoms with Crippen molar-refractivity contribution in [3.8, 4) is 22.9 Å². The fourth-order valence-corrected chi connectivity index (χ4v) is 4.38. The van der Waals surface area contributed by atoms with Crippen LogP contribution in [0.25, 0.3) is 11.4 Å². The lowest BCUT2D eigenvalue weighted by Crippen LogP contribution is -2.15. The van der Waals surface area contributed by atoms with Crippen LogP contribution in [0.1, 0.15) is 11.8 Å². The topological polar surface area (TPSA) is 78.3 Å². The fraction of sp³-hybridized carbons (Fsp3) is 0.286. The van der Waals surface area contributed by atoms with Crippen molar-refractivity contribution < 1.29 is 14.3 Å². The third kappa shape index (κ3) is 5.03. The van der Waals surface area contributed by atoms with E-state index in [0.29, 0.717) is 28.9 Å². The fourth-order valence-electron chi connectivity index (χ4n) is 2.81. The average molecular weight is 445 g/mol. The van der Waals surface area contributed by atoms with E-state index in [0.717, 1.165) is 17.8 Å². The zero-order valence-corrected chi connectivity index (χ0v) is 18.8. The molecule has 1 amide bonds. The molecule has 30 heavy (non-hydrogen) atoms. The molecule has 158 valence electrons. The summed E-state index contributed by atoms with van der Waals surface area (Å²) in [6, 6.07) is 7.38. The van der Waals surface area contributed by atoms with Crippen molar-refractivity contribution in [3.63, 3.8) is 0 Å². The third-order valence-electron chi connectivity index (χ3n) is 4.30. The molecule has 2 aromatic heterocycles. The molecular weight excluding hydrogens is 420 g/mol. The number of aromatic nitrogens is 3. The second kappa shape index (κ2) is 10.3. The second-order valence-electron chi connectivity index (χ2n) is 6.26. The van der Waals surface area contributed by atoms with Gasteiger partial charge < -0.3 is 14.8 Å². The predicted molar refractivity (Wildman–Crippen MR) is 122 cm³/mol. The van der Waals surface area contributed by atoms with E-state index in [9.17, 15) is 4.79 Å². The lowest BCUT2D eigenvalue weighted by atomic mass is 10.2.